The molecule has 6 aliphatic rings. The summed E-state index contributed by atoms with van der Waals surface area (Å²) < 4.78 is 73.9. The molecule has 30 nitrogen and oxygen atoms in total. The maximum atomic E-state index is 14.7. The maximum absolute atomic E-state index is 14.7. The molecule has 9 rings (SSSR count). The van der Waals surface area contributed by atoms with Gasteiger partial charge in [-0.1, -0.05) is 31.5 Å². The number of aryl methyl sites for hydroxylation is 1. The monoisotopic (exact) mass is 1540 g/mol. The second-order valence-electron chi connectivity index (χ2n) is 30.9. The number of hydrogen-bond donors (Lipinski definition) is 7. The van der Waals surface area contributed by atoms with Crippen molar-refractivity contribution < 1.29 is 98.9 Å². The Morgan fingerprint density at radius 2 is 1.02 bits per heavy atom. The molecule has 6 heterocycles. The van der Waals surface area contributed by atoms with Crippen molar-refractivity contribution in [2.24, 2.45) is 11.8 Å². The lowest BCUT2D eigenvalue weighted by atomic mass is 9.94. The van der Waals surface area contributed by atoms with Gasteiger partial charge in [-0.3, -0.25) is 47.9 Å². The smallest absolute Gasteiger partial charge is 0.408 e. The topological polar surface area (TPSA) is 370 Å². The highest BCUT2D eigenvalue weighted by Gasteiger charge is 2.53. The van der Waals surface area contributed by atoms with Crippen LogP contribution in [-0.4, -0.2) is 243 Å². The summed E-state index contributed by atoms with van der Waals surface area (Å²) in [7, 11) is 2.83. The lowest BCUT2D eigenvalue weighted by molar-refractivity contribution is -0.164. The number of cyclic esters (lactones) is 2. The number of urea groups is 1. The summed E-state index contributed by atoms with van der Waals surface area (Å²) in [5.41, 5.74) is -1.15. The third kappa shape index (κ3) is 20.7. The van der Waals surface area contributed by atoms with Gasteiger partial charge < -0.3 is 80.8 Å². The number of halogens is 4. The zero-order chi connectivity index (χ0) is 81.5. The lowest BCUT2D eigenvalue weighted by Gasteiger charge is -2.41. The van der Waals surface area contributed by atoms with Gasteiger partial charge in [0.1, 0.15) is 113 Å². The maximum Gasteiger partial charge on any atom is 0.408 e. The number of alkyl carbamates (subject to hydrolysis) is 1. The van der Waals surface area contributed by atoms with Crippen LogP contribution >= 0.6 is 0 Å². The molecule has 0 unspecified atom stereocenters. The number of carbonyl (C=O) groups excluding carboxylic acids is 14. The zero-order valence-corrected chi connectivity index (χ0v) is 64.6. The fourth-order valence-electron chi connectivity index (χ4n) is 14.5. The van der Waals surface area contributed by atoms with E-state index in [1.54, 1.807) is 52.0 Å². The van der Waals surface area contributed by atoms with Crippen LogP contribution in [0.15, 0.2) is 60.7 Å². The van der Waals surface area contributed by atoms with E-state index in [-0.39, 0.29) is 74.8 Å². The molecule has 0 spiro atoms. The molecule has 0 aromatic heterocycles. The van der Waals surface area contributed by atoms with Crippen LogP contribution in [0.5, 0.6) is 0 Å². The van der Waals surface area contributed by atoms with Crippen LogP contribution in [-0.2, 0) is 84.6 Å². The normalized spacial score (nSPS) is 28.0. The summed E-state index contributed by atoms with van der Waals surface area (Å²) in [6, 6.07) is -2.53. The van der Waals surface area contributed by atoms with Crippen molar-refractivity contribution in [3.8, 4) is 0 Å². The van der Waals surface area contributed by atoms with Gasteiger partial charge in [-0.2, -0.15) is 0 Å². The second-order valence-corrected chi connectivity index (χ2v) is 30.9. The van der Waals surface area contributed by atoms with E-state index in [2.05, 4.69) is 37.2 Å². The van der Waals surface area contributed by atoms with E-state index < -0.39 is 209 Å². The number of hydrogen-bond acceptors (Lipinski definition) is 17. The van der Waals surface area contributed by atoms with E-state index in [0.717, 1.165) is 29.8 Å². The Labute approximate surface area is 635 Å². The number of anilines is 1. The second kappa shape index (κ2) is 35.5. The van der Waals surface area contributed by atoms with Gasteiger partial charge in [0.25, 0.3) is 0 Å². The van der Waals surface area contributed by atoms with E-state index in [4.69, 9.17) is 14.2 Å². The lowest BCUT2D eigenvalue weighted by Crippen LogP contribution is -2.65. The molecule has 600 valence electrons. The molecule has 34 heteroatoms. The Bertz CT molecular complexity index is 4000. The van der Waals surface area contributed by atoms with Crippen LogP contribution in [0.4, 0.5) is 32.8 Å². The Morgan fingerprint density at radius 3 is 1.48 bits per heavy atom. The van der Waals surface area contributed by atoms with Crippen LogP contribution in [0.2, 0.25) is 0 Å². The number of benzene rings is 3. The number of nitrogens with zero attached hydrogens (tertiary/aromatic N) is 6. The highest BCUT2D eigenvalue weighted by molar-refractivity contribution is 6.01. The number of amides is 13. The first kappa shape index (κ1) is 85.2. The molecule has 0 radical (unpaired) electrons. The van der Waals surface area contributed by atoms with Crippen LogP contribution in [0.1, 0.15) is 138 Å². The van der Waals surface area contributed by atoms with Gasteiger partial charge in [0.15, 0.2) is 0 Å². The van der Waals surface area contributed by atoms with E-state index in [1.165, 1.54) is 85.0 Å². The Hall–Kier alpha value is -10.4. The molecule has 6 aliphatic heterocycles. The van der Waals surface area contributed by atoms with Crippen molar-refractivity contribution in [3.05, 3.63) is 101 Å². The van der Waals surface area contributed by atoms with Crippen LogP contribution in [0, 0.1) is 42.0 Å². The van der Waals surface area contributed by atoms with E-state index in [9.17, 15) is 84.7 Å². The number of rotatable bonds is 11. The number of ether oxygens (including phenoxy) is 3. The van der Waals surface area contributed by atoms with E-state index in [1.807, 2.05) is 20.8 Å². The highest BCUT2D eigenvalue weighted by Crippen LogP contribution is 2.34. The number of carbonyl (C=O) groups is 14. The summed E-state index contributed by atoms with van der Waals surface area (Å²) in [5.74, 6) is -12.6. The third-order valence-electron chi connectivity index (χ3n) is 20.7. The largest absolute Gasteiger partial charge is 0.458 e. The molecule has 6 fully saturated rings. The molecule has 0 bridgehead atoms. The average molecular weight is 1540 g/mol. The first-order valence-electron chi connectivity index (χ1n) is 36.9. The third-order valence-corrected chi connectivity index (χ3v) is 20.7. The molecule has 16 atom stereocenters. The van der Waals surface area contributed by atoms with Crippen LogP contribution in [0.25, 0.3) is 0 Å². The Balaban J connectivity index is 0.000000277. The minimum absolute atomic E-state index is 0.00300. The average Bonchev–Trinajstić information content (AvgIpc) is 1.55. The zero-order valence-electron chi connectivity index (χ0n) is 64.6. The molecule has 3 aromatic carbocycles. The molecule has 0 saturated carbocycles. The Kier molecular flexibility index (Phi) is 27.5. The number of likely N-dealkylation sites (N-methyl/N-ethyl adjacent to an activating group) is 2. The quantitative estimate of drug-likeness (QED) is 0.0815. The molecule has 7 N–H and O–H groups in total. The fraction of sp³-hybridized carbons (Fsp3) is 0.579. The van der Waals surface area contributed by atoms with Crippen molar-refractivity contribution in [1.82, 2.24) is 61.3 Å². The predicted octanol–water partition coefficient (Wildman–Crippen LogP) is 3.82. The van der Waals surface area contributed by atoms with Gasteiger partial charge in [-0.05, 0) is 174 Å². The summed E-state index contributed by atoms with van der Waals surface area (Å²) in [6.07, 6.45) is -2.97. The van der Waals surface area contributed by atoms with Gasteiger partial charge in [0, 0.05) is 70.9 Å². The van der Waals surface area contributed by atoms with Gasteiger partial charge in [0.2, 0.25) is 59.1 Å². The van der Waals surface area contributed by atoms with Crippen molar-refractivity contribution in [1.29, 1.82) is 0 Å². The molecule has 6 saturated heterocycles. The van der Waals surface area contributed by atoms with Gasteiger partial charge in [0.05, 0.1) is 0 Å². The molecule has 13 amide bonds. The van der Waals surface area contributed by atoms with Crippen LogP contribution in [0.3, 0.4) is 0 Å². The van der Waals surface area contributed by atoms with Gasteiger partial charge >= 0.3 is 24.1 Å². The summed E-state index contributed by atoms with van der Waals surface area (Å²) in [6.45, 7) is 21.1. The SMILES string of the molecule is C[C@H]1C[C@H]2C(=O)O[C@@H](C)[C@H](NC(=O)[C@H](Cc3cc(F)cc(F)c3)NC(=O)OC(C)(C)C)C(=O)N3CCC[C@H]3C(=O)N(C)[C@@H](C)C(=O)N[C@@H](C)C(=O)N2C1.Cc1ccc(NC(=O)N[C@@H](Cc2cc(F)cc(F)c2)C(=O)N[C@@H]2C(=O)N3CCC[C@@]3(C)C(=O)N(C)[C@@H](C)C(=O)N[C@@H](C)C(=O)N3C[C@@H](C)C[C@H]3C(=O)O[C@H]2C)cc1. The molecule has 3 aromatic rings. The predicted molar refractivity (Wildman–Crippen MR) is 388 cm³/mol. The van der Waals surface area contributed by atoms with Crippen LogP contribution < -0.4 is 37.2 Å². The number of esters is 2. The number of fused-ring (bicyclic) bond motifs is 4. The number of nitrogens with one attached hydrogen (secondary N) is 7. The van der Waals surface area contributed by atoms with Gasteiger partial charge in [-0.25, -0.2) is 36.7 Å². The summed E-state index contributed by atoms with van der Waals surface area (Å²) >= 11 is 0. The van der Waals surface area contributed by atoms with Crippen molar-refractivity contribution in [2.75, 3.05) is 45.6 Å². The first-order chi connectivity index (χ1) is 51.4. The first-order valence-corrected chi connectivity index (χ1v) is 36.9. The highest BCUT2D eigenvalue weighted by atomic mass is 19.1. The Morgan fingerprint density at radius 1 is 0.573 bits per heavy atom. The van der Waals surface area contributed by atoms with E-state index in [0.29, 0.717) is 30.7 Å². The van der Waals surface area contributed by atoms with Crippen molar-refractivity contribution in [3.63, 3.8) is 0 Å². The molecule has 110 heavy (non-hydrogen) atoms. The minimum Gasteiger partial charge on any atom is -0.458 e. The fourth-order valence-corrected chi connectivity index (χ4v) is 14.5. The van der Waals surface area contributed by atoms with E-state index >= 15 is 0 Å². The van der Waals surface area contributed by atoms with Crippen molar-refractivity contribution >= 4 is 88.8 Å². The molecular weight excluding hydrogens is 1440 g/mol. The molecular formula is C76H101F4N13O17. The van der Waals surface area contributed by atoms with Crippen molar-refractivity contribution in [2.45, 2.75) is 231 Å². The summed E-state index contributed by atoms with van der Waals surface area (Å²) in [4.78, 5) is 201. The molecule has 0 aliphatic carbocycles. The van der Waals surface area contributed by atoms with Gasteiger partial charge in [-0.15, -0.1) is 0 Å². The summed E-state index contributed by atoms with van der Waals surface area (Å²) in [5, 5.41) is 18.0. The minimum atomic E-state index is -1.65. The standard InChI is InChI=1S/C40H51F2N7O8.C36H50F2N6O9/c1-21-9-11-29(12-10-21)44-39(56)45-30(18-26-16-27(41)19-28(42)17-26)34(51)46-32-25(5)57-37(54)31-15-22(2)20-48(31)35(52)23(3)43-33(50)24(4)47(7)38(55)40(6)13-8-14-49(40)36(32)53;1-18-12-27-34(50)52-21(4)28(41-30(46)25(40-35(51)53-36(5,6)7)15-22-13-23(37)16-24(38)14-22)33(49)43-11-9-10-26(43)32(48)42(8)20(3)29(45)39-19(2)31(47)44(27)17-18/h9-12,16-17,19,22-25,30-32H,8,13-15,18,20H2,1-7H3,(H,43,50)(H,46,51)(H2,44,45,56);13-14,16,18-21,25-28H,9-12,15,17H2,1-8H3,(H,39,45)(H,40,51)(H,41,46)/t22-,23-,24-,25-,30-,31-,32-,40-;18-,19-,20-,21-,25-,26-,27-,28-/m00/s1.